The molecule has 2 heterocycles. The van der Waals surface area contributed by atoms with Crippen LogP contribution in [0.4, 0.5) is 4.39 Å². The summed E-state index contributed by atoms with van der Waals surface area (Å²) in [5.41, 5.74) is 1.39. The number of aliphatic hydroxyl groups excluding tert-OH is 1. The number of carboxylic acids is 1. The number of nitrogens with one attached hydrogen (secondary N) is 2. The van der Waals surface area contributed by atoms with Gasteiger partial charge in [-0.25, -0.2) is 14.2 Å². The van der Waals surface area contributed by atoms with Crippen molar-refractivity contribution in [1.29, 1.82) is 0 Å². The van der Waals surface area contributed by atoms with Crippen LogP contribution in [0, 0.1) is 12.3 Å². The number of hydrogen-bond acceptors (Lipinski definition) is 10. The fourth-order valence-corrected chi connectivity index (χ4v) is 5.97. The largest absolute Gasteiger partial charge is 0.491 e. The number of carboxylic acid groups (broad SMARTS) is 1. The number of nitrogens with zero attached hydrogens (tertiary/aromatic N) is 2. The minimum Gasteiger partial charge on any atom is -0.491 e. The number of aryl methyl sites for hydroxylation is 1. The lowest BCUT2D eigenvalue weighted by molar-refractivity contribution is -0.145. The van der Waals surface area contributed by atoms with E-state index in [1.54, 1.807) is 26.3 Å². The van der Waals surface area contributed by atoms with Crippen LogP contribution in [0.15, 0.2) is 23.7 Å². The fraction of sp³-hybridized carbons (Fsp3) is 0.594. The molecule has 1 aliphatic heterocycles. The van der Waals surface area contributed by atoms with Crippen molar-refractivity contribution in [1.82, 2.24) is 20.5 Å². The standard InChI is InChI=1S/C32H43FN4O9S/c1-19-26(47-18-35-19)20-5-6-21(24(13-20)46-12-11-44-9-10-45-17-25(39)40)15-34-28(41)23-14-22(38)16-37(23)29(42)27(31(2,3)4)36-30(43)32(33)7-8-32/h5-6,13,18,22-23,27,38H,7-12,14-17H2,1-4H3,(H,34,41)(H,36,43)(H,39,40)/t22-,23+,27-/m1/s1. The number of amides is 3. The van der Waals surface area contributed by atoms with Gasteiger partial charge < -0.3 is 40.0 Å². The van der Waals surface area contributed by atoms with Crippen LogP contribution in [0.2, 0.25) is 0 Å². The summed E-state index contributed by atoms with van der Waals surface area (Å²) in [5.74, 6) is -2.45. The van der Waals surface area contributed by atoms with E-state index < -0.39 is 59.6 Å². The molecule has 1 saturated heterocycles. The number of aliphatic hydroxyl groups is 1. The van der Waals surface area contributed by atoms with Crippen molar-refractivity contribution in [2.75, 3.05) is 39.6 Å². The molecule has 0 radical (unpaired) electrons. The van der Waals surface area contributed by atoms with Crippen LogP contribution in [-0.2, 0) is 35.2 Å². The van der Waals surface area contributed by atoms with E-state index in [2.05, 4.69) is 15.6 Å². The summed E-state index contributed by atoms with van der Waals surface area (Å²) >= 11 is 1.48. The number of aliphatic carboxylic acids is 1. The third-order valence-electron chi connectivity index (χ3n) is 7.96. The van der Waals surface area contributed by atoms with E-state index in [0.717, 1.165) is 16.1 Å². The first kappa shape index (κ1) is 36.2. The molecule has 1 saturated carbocycles. The Morgan fingerprint density at radius 3 is 2.49 bits per heavy atom. The Balaban J connectivity index is 1.42. The van der Waals surface area contributed by atoms with Crippen molar-refractivity contribution >= 4 is 35.0 Å². The van der Waals surface area contributed by atoms with Crippen LogP contribution in [-0.4, -0.2) is 107 Å². The SMILES string of the molecule is Cc1ncsc1-c1ccc(CNC(=O)[C@@H]2C[C@@H](O)CN2C(=O)[C@@H](NC(=O)C2(F)CC2)C(C)(C)C)c(OCCOCCOCC(=O)O)c1. The number of carbonyl (C=O) groups is 4. The molecule has 0 bridgehead atoms. The van der Waals surface area contributed by atoms with Crippen LogP contribution in [0.3, 0.4) is 0 Å². The van der Waals surface area contributed by atoms with E-state index in [1.807, 2.05) is 25.1 Å². The van der Waals surface area contributed by atoms with Gasteiger partial charge in [0.05, 0.1) is 42.0 Å². The maximum Gasteiger partial charge on any atom is 0.329 e. The summed E-state index contributed by atoms with van der Waals surface area (Å²) in [6.45, 7) is 7.37. The van der Waals surface area contributed by atoms with Crippen molar-refractivity contribution < 1.29 is 48.0 Å². The highest BCUT2D eigenvalue weighted by Crippen LogP contribution is 2.40. The Kier molecular flexibility index (Phi) is 11.9. The number of hydrogen-bond donors (Lipinski definition) is 4. The second-order valence-electron chi connectivity index (χ2n) is 12.8. The third-order valence-corrected chi connectivity index (χ3v) is 8.94. The van der Waals surface area contributed by atoms with Gasteiger partial charge in [-0.05, 0) is 36.8 Å². The quantitative estimate of drug-likeness (QED) is 0.193. The fourth-order valence-electron chi connectivity index (χ4n) is 5.16. The number of aromatic nitrogens is 1. The molecule has 2 aromatic rings. The summed E-state index contributed by atoms with van der Waals surface area (Å²) in [5, 5.41) is 24.5. The van der Waals surface area contributed by atoms with E-state index in [4.69, 9.17) is 19.3 Å². The van der Waals surface area contributed by atoms with Crippen LogP contribution >= 0.6 is 11.3 Å². The monoisotopic (exact) mass is 678 g/mol. The Morgan fingerprint density at radius 2 is 1.85 bits per heavy atom. The first-order valence-corrected chi connectivity index (χ1v) is 16.4. The Morgan fingerprint density at radius 1 is 1.15 bits per heavy atom. The zero-order chi connectivity index (χ0) is 34.4. The molecule has 13 nitrogen and oxygen atoms in total. The van der Waals surface area contributed by atoms with Crippen LogP contribution in [0.1, 0.15) is 51.3 Å². The number of carbonyl (C=O) groups excluding carboxylic acids is 3. The number of thiazole rings is 1. The van der Waals surface area contributed by atoms with Gasteiger partial charge in [0.25, 0.3) is 5.91 Å². The summed E-state index contributed by atoms with van der Waals surface area (Å²) in [6.07, 6.45) is -0.734. The normalized spacial score (nSPS) is 19.2. The number of ether oxygens (including phenoxy) is 3. The Bertz CT molecular complexity index is 1440. The minimum atomic E-state index is -1.97. The molecule has 3 atom stereocenters. The predicted molar refractivity (Wildman–Crippen MR) is 169 cm³/mol. The second-order valence-corrected chi connectivity index (χ2v) is 13.7. The average molecular weight is 679 g/mol. The number of rotatable bonds is 16. The number of benzene rings is 1. The lowest BCUT2D eigenvalue weighted by Crippen LogP contribution is -2.59. The lowest BCUT2D eigenvalue weighted by atomic mass is 9.85. The van der Waals surface area contributed by atoms with Gasteiger partial charge in [-0.15, -0.1) is 11.3 Å². The van der Waals surface area contributed by atoms with Crippen molar-refractivity contribution in [3.05, 3.63) is 35.0 Å². The van der Waals surface area contributed by atoms with Gasteiger partial charge in [0.2, 0.25) is 11.8 Å². The van der Waals surface area contributed by atoms with Crippen molar-refractivity contribution in [3.63, 3.8) is 0 Å². The van der Waals surface area contributed by atoms with Gasteiger partial charge in [0.15, 0.2) is 5.67 Å². The highest BCUT2D eigenvalue weighted by Gasteiger charge is 2.53. The number of halogens is 1. The van der Waals surface area contributed by atoms with Gasteiger partial charge in [-0.3, -0.25) is 14.4 Å². The van der Waals surface area contributed by atoms with Gasteiger partial charge in [-0.2, -0.15) is 0 Å². The molecule has 15 heteroatoms. The smallest absolute Gasteiger partial charge is 0.329 e. The molecule has 0 unspecified atom stereocenters. The third kappa shape index (κ3) is 9.69. The van der Waals surface area contributed by atoms with Crippen molar-refractivity contribution in [2.24, 2.45) is 5.41 Å². The maximum atomic E-state index is 14.5. The van der Waals surface area contributed by atoms with Crippen LogP contribution in [0.5, 0.6) is 5.75 Å². The molecule has 2 aliphatic rings. The molecular formula is C32H43FN4O9S. The molecule has 2 fully saturated rings. The van der Waals surface area contributed by atoms with E-state index >= 15 is 0 Å². The molecule has 3 amide bonds. The van der Waals surface area contributed by atoms with Crippen molar-refractivity contribution in [3.8, 4) is 16.2 Å². The van der Waals surface area contributed by atoms with E-state index in [9.17, 15) is 28.7 Å². The molecule has 1 aliphatic carbocycles. The Hall–Kier alpha value is -3.66. The lowest BCUT2D eigenvalue weighted by Gasteiger charge is -2.35. The summed E-state index contributed by atoms with van der Waals surface area (Å²) in [6, 6.07) is 3.47. The first-order valence-electron chi connectivity index (χ1n) is 15.5. The molecule has 0 spiro atoms. The summed E-state index contributed by atoms with van der Waals surface area (Å²) < 4.78 is 30.9. The maximum absolute atomic E-state index is 14.5. The van der Waals surface area contributed by atoms with E-state index in [0.29, 0.717) is 11.3 Å². The summed E-state index contributed by atoms with van der Waals surface area (Å²) in [4.78, 5) is 56.9. The van der Waals surface area contributed by atoms with Crippen LogP contribution < -0.4 is 15.4 Å². The number of alkyl halides is 1. The molecule has 47 heavy (non-hydrogen) atoms. The summed E-state index contributed by atoms with van der Waals surface area (Å²) in [7, 11) is 0. The molecule has 4 N–H and O–H groups in total. The van der Waals surface area contributed by atoms with Crippen LogP contribution in [0.25, 0.3) is 10.4 Å². The van der Waals surface area contributed by atoms with Gasteiger partial charge >= 0.3 is 5.97 Å². The first-order chi connectivity index (χ1) is 22.2. The van der Waals surface area contributed by atoms with Gasteiger partial charge in [0, 0.05) is 25.1 Å². The second kappa shape index (κ2) is 15.5. The molecular weight excluding hydrogens is 635 g/mol. The van der Waals surface area contributed by atoms with Gasteiger partial charge in [0.1, 0.15) is 31.0 Å². The molecule has 258 valence electrons. The molecule has 1 aromatic heterocycles. The topological polar surface area (TPSA) is 177 Å². The molecule has 4 rings (SSSR count). The minimum absolute atomic E-state index is 0.00982. The average Bonchev–Trinajstić information content (AvgIpc) is 3.42. The highest BCUT2D eigenvalue weighted by atomic mass is 32.1. The number of likely N-dealkylation sites (tertiary alicyclic amines) is 1. The highest BCUT2D eigenvalue weighted by molar-refractivity contribution is 7.13. The van der Waals surface area contributed by atoms with E-state index in [-0.39, 0.29) is 58.8 Å². The predicted octanol–water partition coefficient (Wildman–Crippen LogP) is 2.23. The zero-order valence-corrected chi connectivity index (χ0v) is 27.9. The zero-order valence-electron chi connectivity index (χ0n) is 27.0. The molecule has 1 aromatic carbocycles. The number of β-amino-alcohol motifs (C(OH)–C–C–N with tert-alkyl or cyclic N) is 1. The van der Waals surface area contributed by atoms with E-state index in [1.165, 1.54) is 16.2 Å². The van der Waals surface area contributed by atoms with Gasteiger partial charge in [-0.1, -0.05) is 32.9 Å². The Labute approximate surface area is 276 Å². The van der Waals surface area contributed by atoms with Crippen molar-refractivity contribution in [2.45, 2.75) is 77.4 Å².